The molecule has 0 aromatic rings. The minimum atomic E-state index is 0.866. The molecule has 0 fully saturated rings. The van der Waals surface area contributed by atoms with Crippen LogP contribution in [0.5, 0.6) is 0 Å². The molecule has 0 amide bonds. The third-order valence-electron chi connectivity index (χ3n) is 1.02. The molecule has 0 heterocycles. The van der Waals surface area contributed by atoms with E-state index in [1.54, 1.807) is 12.3 Å². The van der Waals surface area contributed by atoms with E-state index >= 15 is 0 Å². The van der Waals surface area contributed by atoms with Crippen molar-refractivity contribution in [1.29, 1.82) is 0 Å². The summed E-state index contributed by atoms with van der Waals surface area (Å²) in [5.41, 5.74) is 5.09. The second kappa shape index (κ2) is 8.17. The Kier molecular flexibility index (Phi) is 7.49. The Morgan fingerprint density at radius 2 is 2.40 bits per heavy atom. The smallest absolute Gasteiger partial charge is 0.0401 e. The number of nitrogens with one attached hydrogen (secondary N) is 1. The molecule has 0 aromatic carbocycles. The molecule has 0 aliphatic heterocycles. The Labute approximate surface area is 62.0 Å². The summed E-state index contributed by atoms with van der Waals surface area (Å²) >= 11 is 0. The first-order valence-corrected chi connectivity index (χ1v) is 3.43. The molecule has 0 unspecified atom stereocenters. The number of nitrogens with zero attached hydrogens (tertiary/aromatic N) is 1. The fourth-order valence-corrected chi connectivity index (χ4v) is 0.532. The SMILES string of the molecule is CNCCCN=C/C=C\N. The molecule has 0 aliphatic carbocycles. The predicted molar refractivity (Wildman–Crippen MR) is 45.2 cm³/mol. The first kappa shape index (κ1) is 9.17. The van der Waals surface area contributed by atoms with E-state index in [1.807, 2.05) is 7.05 Å². The minimum absolute atomic E-state index is 0.866. The Hall–Kier alpha value is -0.830. The maximum absolute atomic E-state index is 5.09. The predicted octanol–water partition coefficient (Wildman–Crippen LogP) is 0.139. The number of aliphatic imine (C=N–C) groups is 1. The van der Waals surface area contributed by atoms with Crippen molar-refractivity contribution in [3.05, 3.63) is 12.3 Å². The van der Waals surface area contributed by atoms with Crippen molar-refractivity contribution in [2.24, 2.45) is 10.7 Å². The van der Waals surface area contributed by atoms with Gasteiger partial charge < -0.3 is 11.1 Å². The van der Waals surface area contributed by atoms with Crippen LogP contribution in [-0.2, 0) is 0 Å². The maximum atomic E-state index is 5.09. The van der Waals surface area contributed by atoms with Crippen molar-refractivity contribution in [1.82, 2.24) is 5.32 Å². The zero-order valence-electron chi connectivity index (χ0n) is 6.38. The second-order valence-corrected chi connectivity index (χ2v) is 1.90. The summed E-state index contributed by atoms with van der Waals surface area (Å²) in [6, 6.07) is 0. The second-order valence-electron chi connectivity index (χ2n) is 1.90. The molecule has 0 aliphatic rings. The van der Waals surface area contributed by atoms with Gasteiger partial charge in [0.15, 0.2) is 0 Å². The largest absolute Gasteiger partial charge is 0.405 e. The molecule has 0 atom stereocenters. The van der Waals surface area contributed by atoms with Gasteiger partial charge in [-0.25, -0.2) is 0 Å². The van der Waals surface area contributed by atoms with Gasteiger partial charge in [-0.05, 0) is 32.3 Å². The summed E-state index contributed by atoms with van der Waals surface area (Å²) in [6.07, 6.45) is 5.99. The normalized spacial score (nSPS) is 11.7. The summed E-state index contributed by atoms with van der Waals surface area (Å²) in [7, 11) is 1.93. The zero-order chi connectivity index (χ0) is 7.66. The Morgan fingerprint density at radius 3 is 3.00 bits per heavy atom. The molecule has 0 saturated carbocycles. The van der Waals surface area contributed by atoms with Crippen molar-refractivity contribution in [3.8, 4) is 0 Å². The summed E-state index contributed by atoms with van der Waals surface area (Å²) in [4.78, 5) is 4.07. The molecule has 3 N–H and O–H groups in total. The van der Waals surface area contributed by atoms with Crippen LogP contribution in [0.4, 0.5) is 0 Å². The van der Waals surface area contributed by atoms with Gasteiger partial charge in [0.1, 0.15) is 0 Å². The lowest BCUT2D eigenvalue weighted by atomic mass is 10.4. The molecule has 0 radical (unpaired) electrons. The molecule has 0 rings (SSSR count). The van der Waals surface area contributed by atoms with Gasteiger partial charge in [-0.2, -0.15) is 0 Å². The van der Waals surface area contributed by atoms with Crippen LogP contribution in [0, 0.1) is 0 Å². The standard InChI is InChI=1S/C7H15N3/c1-9-5-3-7-10-6-2-4-8/h2,4,6,9H,3,5,7-8H2,1H3/b4-2-,10-6?. The van der Waals surface area contributed by atoms with Crippen LogP contribution >= 0.6 is 0 Å². The van der Waals surface area contributed by atoms with E-state index in [-0.39, 0.29) is 0 Å². The summed E-state index contributed by atoms with van der Waals surface area (Å²) in [5, 5.41) is 3.04. The van der Waals surface area contributed by atoms with Crippen LogP contribution in [0.15, 0.2) is 17.3 Å². The van der Waals surface area contributed by atoms with E-state index in [0.717, 1.165) is 19.5 Å². The van der Waals surface area contributed by atoms with Gasteiger partial charge >= 0.3 is 0 Å². The number of hydrogen-bond acceptors (Lipinski definition) is 3. The fourth-order valence-electron chi connectivity index (χ4n) is 0.532. The highest BCUT2D eigenvalue weighted by Crippen LogP contribution is 1.76. The zero-order valence-corrected chi connectivity index (χ0v) is 6.38. The van der Waals surface area contributed by atoms with E-state index in [0.29, 0.717) is 0 Å². The van der Waals surface area contributed by atoms with Crippen molar-refractivity contribution in [2.45, 2.75) is 6.42 Å². The van der Waals surface area contributed by atoms with Gasteiger partial charge in [-0.15, -0.1) is 0 Å². The van der Waals surface area contributed by atoms with Gasteiger partial charge in [0.25, 0.3) is 0 Å². The Balaban J connectivity index is 3.02. The first-order valence-electron chi connectivity index (χ1n) is 3.43. The molecular formula is C7H15N3. The van der Waals surface area contributed by atoms with Gasteiger partial charge in [0.2, 0.25) is 0 Å². The molecule has 0 spiro atoms. The van der Waals surface area contributed by atoms with E-state index in [9.17, 15) is 0 Å². The van der Waals surface area contributed by atoms with Crippen molar-refractivity contribution in [3.63, 3.8) is 0 Å². The van der Waals surface area contributed by atoms with E-state index in [4.69, 9.17) is 5.73 Å². The number of rotatable bonds is 5. The summed E-state index contributed by atoms with van der Waals surface area (Å²) in [6.45, 7) is 1.88. The lowest BCUT2D eigenvalue weighted by Crippen LogP contribution is -2.08. The van der Waals surface area contributed by atoms with E-state index in [2.05, 4.69) is 10.3 Å². The number of hydrogen-bond donors (Lipinski definition) is 2. The van der Waals surface area contributed by atoms with Gasteiger partial charge in [0.05, 0.1) is 0 Å². The third kappa shape index (κ3) is 7.17. The molecule has 58 valence electrons. The van der Waals surface area contributed by atoms with Crippen LogP contribution < -0.4 is 11.1 Å². The van der Waals surface area contributed by atoms with Gasteiger partial charge in [0, 0.05) is 12.8 Å². The van der Waals surface area contributed by atoms with E-state index < -0.39 is 0 Å². The average molecular weight is 141 g/mol. The Bertz CT molecular complexity index is 107. The van der Waals surface area contributed by atoms with Crippen LogP contribution in [0.1, 0.15) is 6.42 Å². The lowest BCUT2D eigenvalue weighted by molar-refractivity contribution is 0.735. The van der Waals surface area contributed by atoms with Crippen LogP contribution in [-0.4, -0.2) is 26.4 Å². The highest BCUT2D eigenvalue weighted by atomic mass is 14.8. The summed E-state index contributed by atoms with van der Waals surface area (Å²) < 4.78 is 0. The highest BCUT2D eigenvalue weighted by molar-refractivity contribution is 5.70. The van der Waals surface area contributed by atoms with Crippen LogP contribution in [0.25, 0.3) is 0 Å². The molecule has 0 aromatic heterocycles. The van der Waals surface area contributed by atoms with Crippen molar-refractivity contribution in [2.75, 3.05) is 20.1 Å². The first-order chi connectivity index (χ1) is 4.91. The number of nitrogens with two attached hydrogens (primary N) is 1. The van der Waals surface area contributed by atoms with Crippen molar-refractivity contribution < 1.29 is 0 Å². The quantitative estimate of drug-likeness (QED) is 0.422. The Morgan fingerprint density at radius 1 is 1.60 bits per heavy atom. The minimum Gasteiger partial charge on any atom is -0.405 e. The topological polar surface area (TPSA) is 50.4 Å². The lowest BCUT2D eigenvalue weighted by Gasteiger charge is -1.92. The maximum Gasteiger partial charge on any atom is 0.0401 e. The molecular weight excluding hydrogens is 126 g/mol. The molecule has 10 heavy (non-hydrogen) atoms. The van der Waals surface area contributed by atoms with Crippen molar-refractivity contribution >= 4 is 6.21 Å². The fraction of sp³-hybridized carbons (Fsp3) is 0.571. The van der Waals surface area contributed by atoms with Crippen LogP contribution in [0.3, 0.4) is 0 Å². The van der Waals surface area contributed by atoms with Gasteiger partial charge in [-0.1, -0.05) is 0 Å². The molecule has 0 bridgehead atoms. The monoisotopic (exact) mass is 141 g/mol. The van der Waals surface area contributed by atoms with E-state index in [1.165, 1.54) is 6.20 Å². The van der Waals surface area contributed by atoms with Gasteiger partial charge in [-0.3, -0.25) is 4.99 Å². The average Bonchev–Trinajstić information content (AvgIpc) is 1.97. The highest BCUT2D eigenvalue weighted by Gasteiger charge is 1.78. The summed E-state index contributed by atoms with van der Waals surface area (Å²) in [5.74, 6) is 0. The number of allylic oxidation sites excluding steroid dienone is 1. The molecule has 3 heteroatoms. The molecule has 3 nitrogen and oxygen atoms in total. The third-order valence-corrected chi connectivity index (χ3v) is 1.02. The molecule has 0 saturated heterocycles. The van der Waals surface area contributed by atoms with Crippen LogP contribution in [0.2, 0.25) is 0 Å².